The van der Waals surface area contributed by atoms with Gasteiger partial charge >= 0.3 is 0 Å². The van der Waals surface area contributed by atoms with Crippen molar-refractivity contribution < 1.29 is 9.72 Å². The summed E-state index contributed by atoms with van der Waals surface area (Å²) < 4.78 is 0. The van der Waals surface area contributed by atoms with E-state index in [2.05, 4.69) is 4.90 Å². The van der Waals surface area contributed by atoms with Crippen molar-refractivity contribution in [3.63, 3.8) is 0 Å². The van der Waals surface area contributed by atoms with Crippen LogP contribution >= 0.6 is 0 Å². The molecular weight excluding hydrogens is 334 g/mol. The molecule has 8 heteroatoms. The number of nitrogens with zero attached hydrogens (tertiary/aromatic N) is 5. The fourth-order valence-electron chi connectivity index (χ4n) is 3.63. The maximum Gasteiger partial charge on any atom is 0.293 e. The molecule has 3 rings (SSSR count). The van der Waals surface area contributed by atoms with Gasteiger partial charge in [-0.3, -0.25) is 19.8 Å². The number of benzene rings is 1. The Balaban J connectivity index is 1.66. The number of anilines is 1. The first kappa shape index (κ1) is 18.1. The van der Waals surface area contributed by atoms with Crippen molar-refractivity contribution >= 4 is 17.3 Å². The van der Waals surface area contributed by atoms with E-state index in [4.69, 9.17) is 5.26 Å². The van der Waals surface area contributed by atoms with Gasteiger partial charge in [0.1, 0.15) is 5.69 Å². The highest BCUT2D eigenvalue weighted by Crippen LogP contribution is 2.30. The summed E-state index contributed by atoms with van der Waals surface area (Å²) in [5.41, 5.74) is 0.792. The lowest BCUT2D eigenvalue weighted by Crippen LogP contribution is -2.40. The maximum atomic E-state index is 12.3. The van der Waals surface area contributed by atoms with Gasteiger partial charge in [-0.2, -0.15) is 5.26 Å². The van der Waals surface area contributed by atoms with Gasteiger partial charge in [-0.25, -0.2) is 0 Å². The first-order chi connectivity index (χ1) is 12.6. The van der Waals surface area contributed by atoms with Gasteiger partial charge in [0.15, 0.2) is 0 Å². The molecule has 0 unspecified atom stereocenters. The number of nitro benzene ring substituents is 1. The van der Waals surface area contributed by atoms with E-state index in [1.807, 2.05) is 15.9 Å². The minimum Gasteiger partial charge on any atom is -0.365 e. The zero-order chi connectivity index (χ0) is 18.5. The van der Waals surface area contributed by atoms with Crippen molar-refractivity contribution in [3.8, 4) is 6.07 Å². The zero-order valence-electron chi connectivity index (χ0n) is 14.8. The maximum absolute atomic E-state index is 12.3. The number of hydrogen-bond donors (Lipinski definition) is 0. The lowest BCUT2D eigenvalue weighted by Gasteiger charge is -2.24. The summed E-state index contributed by atoms with van der Waals surface area (Å²) in [7, 11) is 0. The van der Waals surface area contributed by atoms with Crippen molar-refractivity contribution in [1.82, 2.24) is 9.80 Å². The molecule has 0 spiro atoms. The van der Waals surface area contributed by atoms with Gasteiger partial charge in [-0.05, 0) is 31.4 Å². The van der Waals surface area contributed by atoms with Crippen molar-refractivity contribution in [1.29, 1.82) is 5.26 Å². The van der Waals surface area contributed by atoms with E-state index in [0.29, 0.717) is 31.9 Å². The number of amides is 1. The summed E-state index contributed by atoms with van der Waals surface area (Å²) in [5.74, 6) is 0.181. The molecule has 0 aromatic heterocycles. The van der Waals surface area contributed by atoms with Gasteiger partial charge < -0.3 is 9.80 Å². The number of hydrogen-bond acceptors (Lipinski definition) is 6. The first-order valence-electron chi connectivity index (χ1n) is 9.02. The Morgan fingerprint density at radius 2 is 1.88 bits per heavy atom. The molecule has 0 aliphatic carbocycles. The van der Waals surface area contributed by atoms with Crippen LogP contribution in [0.25, 0.3) is 0 Å². The molecule has 1 aromatic carbocycles. The van der Waals surface area contributed by atoms with E-state index in [0.717, 1.165) is 38.9 Å². The molecule has 0 radical (unpaired) electrons. The fraction of sp³-hybridized carbons (Fsp3) is 0.556. The Bertz CT molecular complexity index is 724. The number of likely N-dealkylation sites (tertiary alicyclic amines) is 1. The highest BCUT2D eigenvalue weighted by Gasteiger charge is 2.25. The molecule has 2 heterocycles. The third-order valence-corrected chi connectivity index (χ3v) is 5.05. The minimum absolute atomic E-state index is 0.0364. The van der Waals surface area contributed by atoms with E-state index in [9.17, 15) is 14.9 Å². The molecule has 1 aromatic rings. The summed E-state index contributed by atoms with van der Waals surface area (Å²) in [6, 6.07) is 6.54. The van der Waals surface area contributed by atoms with Crippen LogP contribution in [0.15, 0.2) is 18.2 Å². The Labute approximate surface area is 152 Å². The Hall–Kier alpha value is -2.66. The van der Waals surface area contributed by atoms with Crippen molar-refractivity contribution in [2.24, 2.45) is 0 Å². The SMILES string of the molecule is N#Cc1ccc(N2CCCN(CC(=O)N3CCCC3)CC2)c([N+](=O)[O-])c1. The summed E-state index contributed by atoms with van der Waals surface area (Å²) in [6.07, 6.45) is 3.01. The minimum atomic E-state index is -0.435. The average molecular weight is 357 g/mol. The van der Waals surface area contributed by atoms with Crippen LogP contribution in [-0.4, -0.2) is 66.4 Å². The van der Waals surface area contributed by atoms with E-state index in [-0.39, 0.29) is 17.2 Å². The van der Waals surface area contributed by atoms with Crippen molar-refractivity contribution in [2.75, 3.05) is 50.7 Å². The summed E-state index contributed by atoms with van der Waals surface area (Å²) >= 11 is 0. The van der Waals surface area contributed by atoms with Crippen LogP contribution in [0.1, 0.15) is 24.8 Å². The molecule has 0 N–H and O–H groups in total. The molecule has 1 amide bonds. The molecule has 2 aliphatic heterocycles. The smallest absolute Gasteiger partial charge is 0.293 e. The third kappa shape index (κ3) is 4.11. The van der Waals surface area contributed by atoms with Crippen LogP contribution in [-0.2, 0) is 4.79 Å². The zero-order valence-corrected chi connectivity index (χ0v) is 14.8. The fourth-order valence-corrected chi connectivity index (χ4v) is 3.63. The van der Waals surface area contributed by atoms with Crippen LogP contribution in [0.4, 0.5) is 11.4 Å². The molecule has 2 fully saturated rings. The molecule has 2 saturated heterocycles. The van der Waals surface area contributed by atoms with Crippen LogP contribution in [0.2, 0.25) is 0 Å². The second-order valence-corrected chi connectivity index (χ2v) is 6.78. The number of rotatable bonds is 4. The molecule has 8 nitrogen and oxygen atoms in total. The summed E-state index contributed by atoms with van der Waals surface area (Å²) in [6.45, 7) is 4.95. The normalized spacial score (nSPS) is 18.4. The van der Waals surface area contributed by atoms with Gasteiger partial charge in [0.2, 0.25) is 5.91 Å². The predicted octanol–water partition coefficient (Wildman–Crippen LogP) is 1.60. The van der Waals surface area contributed by atoms with Crippen LogP contribution in [0.5, 0.6) is 0 Å². The molecule has 0 bridgehead atoms. The second-order valence-electron chi connectivity index (χ2n) is 6.78. The van der Waals surface area contributed by atoms with Crippen molar-refractivity contribution in [2.45, 2.75) is 19.3 Å². The Kier molecular flexibility index (Phi) is 5.68. The van der Waals surface area contributed by atoms with Gasteiger partial charge in [0.25, 0.3) is 5.69 Å². The van der Waals surface area contributed by atoms with Gasteiger partial charge in [0, 0.05) is 45.3 Å². The number of carbonyl (C=O) groups excluding carboxylic acids is 1. The van der Waals surface area contributed by atoms with E-state index >= 15 is 0 Å². The van der Waals surface area contributed by atoms with Gasteiger partial charge in [-0.15, -0.1) is 0 Å². The molecular formula is C18H23N5O3. The quantitative estimate of drug-likeness (QED) is 0.600. The van der Waals surface area contributed by atoms with E-state index in [1.165, 1.54) is 6.07 Å². The van der Waals surface area contributed by atoms with Crippen molar-refractivity contribution in [3.05, 3.63) is 33.9 Å². The molecule has 2 aliphatic rings. The standard InChI is InChI=1S/C18H23N5O3/c19-13-15-4-5-16(17(12-15)23(25)26)21-9-3-6-20(10-11-21)14-18(24)22-7-1-2-8-22/h4-5,12H,1-3,6-11,14H2. The second kappa shape index (κ2) is 8.15. The molecule has 26 heavy (non-hydrogen) atoms. The Morgan fingerprint density at radius 3 is 2.58 bits per heavy atom. The monoisotopic (exact) mass is 357 g/mol. The van der Waals surface area contributed by atoms with Crippen LogP contribution in [0, 0.1) is 21.4 Å². The van der Waals surface area contributed by atoms with E-state index < -0.39 is 4.92 Å². The van der Waals surface area contributed by atoms with Gasteiger partial charge in [-0.1, -0.05) is 0 Å². The molecule has 138 valence electrons. The first-order valence-corrected chi connectivity index (χ1v) is 9.02. The number of nitro groups is 1. The van der Waals surface area contributed by atoms with Crippen LogP contribution < -0.4 is 4.90 Å². The number of nitriles is 1. The third-order valence-electron chi connectivity index (χ3n) is 5.05. The topological polar surface area (TPSA) is 93.7 Å². The summed E-state index contributed by atoms with van der Waals surface area (Å²) in [5, 5.41) is 20.4. The highest BCUT2D eigenvalue weighted by molar-refractivity contribution is 5.78. The lowest BCUT2D eigenvalue weighted by molar-refractivity contribution is -0.384. The average Bonchev–Trinajstić information content (AvgIpc) is 3.09. The largest absolute Gasteiger partial charge is 0.365 e. The predicted molar refractivity (Wildman–Crippen MR) is 96.9 cm³/mol. The van der Waals surface area contributed by atoms with Gasteiger partial charge in [0.05, 0.1) is 23.1 Å². The molecule has 0 saturated carbocycles. The Morgan fingerprint density at radius 1 is 1.12 bits per heavy atom. The summed E-state index contributed by atoms with van der Waals surface area (Å²) in [4.78, 5) is 29.3. The van der Waals surface area contributed by atoms with E-state index in [1.54, 1.807) is 12.1 Å². The van der Waals surface area contributed by atoms with Crippen LogP contribution in [0.3, 0.4) is 0 Å². The number of carbonyl (C=O) groups is 1. The highest BCUT2D eigenvalue weighted by atomic mass is 16.6. The lowest BCUT2D eigenvalue weighted by atomic mass is 10.1. The molecule has 0 atom stereocenters.